The Morgan fingerprint density at radius 3 is 2.38 bits per heavy atom. The summed E-state index contributed by atoms with van der Waals surface area (Å²) in [6.07, 6.45) is 0.726. The highest BCUT2D eigenvalue weighted by molar-refractivity contribution is 5.99. The highest BCUT2D eigenvalue weighted by Crippen LogP contribution is 2.42. The number of nitrogens with zero attached hydrogens (tertiary/aromatic N) is 1. The van der Waals surface area contributed by atoms with Crippen LogP contribution in [0.3, 0.4) is 0 Å². The molecule has 0 spiro atoms. The molecule has 0 fully saturated rings. The van der Waals surface area contributed by atoms with Gasteiger partial charge in [0, 0.05) is 17.5 Å². The van der Waals surface area contributed by atoms with Crippen molar-refractivity contribution in [3.8, 4) is 11.5 Å². The van der Waals surface area contributed by atoms with E-state index in [0.717, 1.165) is 39.6 Å². The third-order valence-corrected chi connectivity index (χ3v) is 6.29. The summed E-state index contributed by atoms with van der Waals surface area (Å²) in [5.41, 5.74) is 4.84. The Morgan fingerprint density at radius 2 is 1.66 bits per heavy atom. The van der Waals surface area contributed by atoms with Crippen LogP contribution in [-0.2, 0) is 6.42 Å². The fraction of sp³-hybridized carbons (Fsp3) is 0.222. The fourth-order valence-corrected chi connectivity index (χ4v) is 4.67. The number of ether oxygens (including phenoxy) is 2. The van der Waals surface area contributed by atoms with Gasteiger partial charge < -0.3 is 18.8 Å². The molecular weight excluding hydrogens is 402 g/mol. The summed E-state index contributed by atoms with van der Waals surface area (Å²) in [5, 5.41) is 0.968. The molecule has 1 amide bonds. The number of benzene rings is 3. The van der Waals surface area contributed by atoms with E-state index in [1.807, 2.05) is 66.4 Å². The first-order valence-electron chi connectivity index (χ1n) is 10.7. The summed E-state index contributed by atoms with van der Waals surface area (Å²) >= 11 is 0. The minimum Gasteiger partial charge on any atom is -0.493 e. The number of hydrogen-bond donors (Lipinski definition) is 0. The molecule has 0 radical (unpaired) electrons. The zero-order chi connectivity index (χ0) is 22.2. The predicted octanol–water partition coefficient (Wildman–Crippen LogP) is 5.55. The maximum absolute atomic E-state index is 13.8. The highest BCUT2D eigenvalue weighted by atomic mass is 16.5. The Kier molecular flexibility index (Phi) is 5.10. The number of fused-ring (bicyclic) bond motifs is 2. The second-order valence-corrected chi connectivity index (χ2v) is 8.02. The van der Waals surface area contributed by atoms with Crippen molar-refractivity contribution in [3.63, 3.8) is 0 Å². The smallest absolute Gasteiger partial charge is 0.290 e. The Hall–Kier alpha value is -3.73. The van der Waals surface area contributed by atoms with Gasteiger partial charge >= 0.3 is 0 Å². The maximum Gasteiger partial charge on any atom is 0.290 e. The molecule has 0 saturated heterocycles. The zero-order valence-electron chi connectivity index (χ0n) is 18.4. The lowest BCUT2D eigenvalue weighted by atomic mass is 9.87. The average molecular weight is 428 g/mol. The molecule has 1 aliphatic heterocycles. The number of para-hydroxylation sites is 1. The second kappa shape index (κ2) is 8.08. The van der Waals surface area contributed by atoms with Gasteiger partial charge in [-0.1, -0.05) is 48.5 Å². The molecule has 32 heavy (non-hydrogen) atoms. The molecule has 2 heterocycles. The minimum absolute atomic E-state index is 0.104. The van der Waals surface area contributed by atoms with Crippen LogP contribution in [0, 0.1) is 6.92 Å². The summed E-state index contributed by atoms with van der Waals surface area (Å²) in [6.45, 7) is 2.53. The van der Waals surface area contributed by atoms with Crippen LogP contribution < -0.4 is 9.47 Å². The van der Waals surface area contributed by atoms with Gasteiger partial charge in [-0.15, -0.1) is 0 Å². The summed E-state index contributed by atoms with van der Waals surface area (Å²) in [7, 11) is 3.27. The topological polar surface area (TPSA) is 51.9 Å². The molecule has 5 rings (SSSR count). The lowest BCUT2D eigenvalue weighted by Crippen LogP contribution is -2.40. The second-order valence-electron chi connectivity index (χ2n) is 8.02. The first-order chi connectivity index (χ1) is 15.6. The summed E-state index contributed by atoms with van der Waals surface area (Å²) in [4.78, 5) is 15.7. The van der Waals surface area contributed by atoms with E-state index >= 15 is 0 Å². The van der Waals surface area contributed by atoms with Gasteiger partial charge in [0.25, 0.3) is 5.91 Å². The number of hydrogen-bond acceptors (Lipinski definition) is 4. The Bertz CT molecular complexity index is 1290. The Labute approximate surface area is 187 Å². The van der Waals surface area contributed by atoms with Crippen LogP contribution in [0.5, 0.6) is 11.5 Å². The van der Waals surface area contributed by atoms with E-state index in [1.54, 1.807) is 14.2 Å². The molecule has 4 aromatic rings. The quantitative estimate of drug-likeness (QED) is 0.429. The van der Waals surface area contributed by atoms with Crippen molar-refractivity contribution < 1.29 is 18.7 Å². The molecule has 3 aromatic carbocycles. The van der Waals surface area contributed by atoms with Crippen molar-refractivity contribution in [1.29, 1.82) is 0 Å². The molecule has 1 aromatic heterocycles. The van der Waals surface area contributed by atoms with Crippen LogP contribution in [-0.4, -0.2) is 31.6 Å². The molecule has 1 atom stereocenters. The molecular formula is C27H25NO4. The minimum atomic E-state index is -0.250. The van der Waals surface area contributed by atoms with E-state index in [9.17, 15) is 4.79 Å². The standard InChI is InChI=1S/C27H25NO4/c1-17-20-11-7-8-12-22(20)32-26(17)27(29)28-14-13-19-15-23(30-2)24(31-3)16-21(19)25(28)18-9-5-4-6-10-18/h4-12,15-16,25H,13-14H2,1-3H3/t25-/m1/s1. The first kappa shape index (κ1) is 20.2. The lowest BCUT2D eigenvalue weighted by Gasteiger charge is -2.38. The summed E-state index contributed by atoms with van der Waals surface area (Å²) in [5.74, 6) is 1.65. The van der Waals surface area contributed by atoms with Crippen LogP contribution in [0.1, 0.15) is 38.9 Å². The molecule has 0 aliphatic carbocycles. The van der Waals surface area contributed by atoms with Crippen molar-refractivity contribution in [2.75, 3.05) is 20.8 Å². The van der Waals surface area contributed by atoms with Crippen LogP contribution >= 0.6 is 0 Å². The number of methoxy groups -OCH3 is 2. The lowest BCUT2D eigenvalue weighted by molar-refractivity contribution is 0.0663. The van der Waals surface area contributed by atoms with E-state index < -0.39 is 0 Å². The number of rotatable bonds is 4. The summed E-state index contributed by atoms with van der Waals surface area (Å²) < 4.78 is 17.1. The molecule has 5 nitrogen and oxygen atoms in total. The van der Waals surface area contributed by atoms with Crippen molar-refractivity contribution in [2.45, 2.75) is 19.4 Å². The first-order valence-corrected chi connectivity index (χ1v) is 10.7. The van der Waals surface area contributed by atoms with Crippen LogP contribution in [0.2, 0.25) is 0 Å². The number of aryl methyl sites for hydroxylation is 1. The molecule has 0 N–H and O–H groups in total. The third kappa shape index (κ3) is 3.21. The maximum atomic E-state index is 13.8. The van der Waals surface area contributed by atoms with Crippen molar-refractivity contribution in [1.82, 2.24) is 4.90 Å². The van der Waals surface area contributed by atoms with Gasteiger partial charge in [0.15, 0.2) is 17.3 Å². The molecule has 5 heteroatoms. The normalized spacial score (nSPS) is 15.5. The number of amides is 1. The van der Waals surface area contributed by atoms with Gasteiger partial charge in [0.2, 0.25) is 0 Å². The average Bonchev–Trinajstić information content (AvgIpc) is 3.19. The van der Waals surface area contributed by atoms with Gasteiger partial charge in [0.1, 0.15) is 5.58 Å². The van der Waals surface area contributed by atoms with E-state index in [-0.39, 0.29) is 11.9 Å². The number of carbonyl (C=O) groups is 1. The summed E-state index contributed by atoms with van der Waals surface area (Å²) in [6, 6.07) is 21.6. The van der Waals surface area contributed by atoms with Gasteiger partial charge in [-0.25, -0.2) is 0 Å². The SMILES string of the molecule is COc1cc2c(cc1OC)[C@@H](c1ccccc1)N(C(=O)c1oc3ccccc3c1C)CC2. The predicted molar refractivity (Wildman–Crippen MR) is 124 cm³/mol. The van der Waals surface area contributed by atoms with Crippen LogP contribution in [0.25, 0.3) is 11.0 Å². The van der Waals surface area contributed by atoms with Gasteiger partial charge in [0.05, 0.1) is 20.3 Å². The molecule has 1 aliphatic rings. The largest absolute Gasteiger partial charge is 0.493 e. The van der Waals surface area contributed by atoms with Crippen LogP contribution in [0.4, 0.5) is 0 Å². The Balaban J connectivity index is 1.65. The molecule has 0 saturated carbocycles. The molecule has 162 valence electrons. The van der Waals surface area contributed by atoms with E-state index in [4.69, 9.17) is 13.9 Å². The molecule has 0 unspecified atom stereocenters. The van der Waals surface area contributed by atoms with E-state index in [2.05, 4.69) is 12.1 Å². The highest BCUT2D eigenvalue weighted by Gasteiger charge is 2.35. The Morgan fingerprint density at radius 1 is 0.969 bits per heavy atom. The zero-order valence-corrected chi connectivity index (χ0v) is 18.4. The van der Waals surface area contributed by atoms with Crippen molar-refractivity contribution in [2.24, 2.45) is 0 Å². The third-order valence-electron chi connectivity index (χ3n) is 6.29. The monoisotopic (exact) mass is 427 g/mol. The number of carbonyl (C=O) groups excluding carboxylic acids is 1. The van der Waals surface area contributed by atoms with Gasteiger partial charge in [-0.2, -0.15) is 0 Å². The van der Waals surface area contributed by atoms with Crippen molar-refractivity contribution in [3.05, 3.63) is 94.7 Å². The van der Waals surface area contributed by atoms with Crippen LogP contribution in [0.15, 0.2) is 71.1 Å². The fourth-order valence-electron chi connectivity index (χ4n) is 4.67. The molecule has 0 bridgehead atoms. The van der Waals surface area contributed by atoms with Gasteiger partial charge in [-0.05, 0) is 48.2 Å². The van der Waals surface area contributed by atoms with Gasteiger partial charge in [-0.3, -0.25) is 4.79 Å². The van der Waals surface area contributed by atoms with E-state index in [1.165, 1.54) is 0 Å². The van der Waals surface area contributed by atoms with E-state index in [0.29, 0.717) is 23.8 Å². The number of furan rings is 1. The van der Waals surface area contributed by atoms with Crippen molar-refractivity contribution >= 4 is 16.9 Å².